The smallest absolute Gasteiger partial charge is 0.261 e. The van der Waals surface area contributed by atoms with E-state index in [4.69, 9.17) is 30.0 Å². The molecule has 90 heavy (non-hydrogen) atoms. The van der Waals surface area contributed by atoms with Crippen LogP contribution in [0.1, 0.15) is 63.6 Å². The SMILES string of the molecule is CC(=O)c1cc(C)cn2c(=O)cc(N3CCOCC3)nc12.Cc1cc(Br)c2nc(N3CCOCC3)cc(=O)n2c1.Cc1cc(Br)c2nc(O)cc(=O)n2c1.Cc1cc(C(C)Nc2ccccc2)c2nc(N3CCOCC3)cc(=O)n2c1.Cc1cnc(N)c(Br)c1. The number of benzene rings is 1. The molecule has 1 unspecified atom stereocenters. The Morgan fingerprint density at radius 3 is 1.37 bits per heavy atom. The molecule has 1 aromatic carbocycles. The van der Waals surface area contributed by atoms with E-state index in [9.17, 15) is 24.0 Å². The number of hydrogen-bond donors (Lipinski definition) is 3. The molecule has 26 heteroatoms. The first-order chi connectivity index (χ1) is 43.1. The van der Waals surface area contributed by atoms with E-state index in [0.29, 0.717) is 97.0 Å². The zero-order chi connectivity index (χ0) is 64.3. The molecule has 10 aromatic rings. The van der Waals surface area contributed by atoms with Gasteiger partial charge in [-0.05, 0) is 167 Å². The van der Waals surface area contributed by atoms with Gasteiger partial charge < -0.3 is 45.1 Å². The van der Waals surface area contributed by atoms with E-state index in [1.807, 2.05) is 94.2 Å². The molecular weight excluding hydrogens is 1350 g/mol. The van der Waals surface area contributed by atoms with Gasteiger partial charge in [0, 0.05) is 99.7 Å². The normalized spacial score (nSPS) is 14.3. The number of aromatic hydroxyl groups is 1. The lowest BCUT2D eigenvalue weighted by Crippen LogP contribution is -2.37. The number of carbonyl (C=O) groups excluding carboxylic acids is 1. The zero-order valence-corrected chi connectivity index (χ0v) is 55.6. The molecule has 23 nitrogen and oxygen atoms in total. The number of nitrogens with one attached hydrogen (secondary N) is 1. The molecule has 3 saturated heterocycles. The predicted octanol–water partition coefficient (Wildman–Crippen LogP) is 8.86. The molecule has 13 rings (SSSR count). The van der Waals surface area contributed by atoms with Crippen molar-refractivity contribution in [1.29, 1.82) is 0 Å². The van der Waals surface area contributed by atoms with Crippen LogP contribution in [0.25, 0.3) is 22.6 Å². The maximum Gasteiger partial charge on any atom is 0.261 e. The van der Waals surface area contributed by atoms with Gasteiger partial charge in [0.2, 0.25) is 5.88 Å². The largest absolute Gasteiger partial charge is 0.493 e. The number of morpholine rings is 3. The van der Waals surface area contributed by atoms with Crippen molar-refractivity contribution in [3.63, 3.8) is 0 Å². The molecule has 9 aromatic heterocycles. The van der Waals surface area contributed by atoms with E-state index in [0.717, 1.165) is 91.9 Å². The number of rotatable bonds is 7. The van der Waals surface area contributed by atoms with Gasteiger partial charge in [0.1, 0.15) is 28.9 Å². The van der Waals surface area contributed by atoms with Gasteiger partial charge in [0.25, 0.3) is 22.2 Å². The lowest BCUT2D eigenvalue weighted by molar-refractivity contribution is 0.101. The molecule has 470 valence electrons. The standard InChI is InChI=1S/C21H24N4O2.C15H17N3O3.C13H14BrN3O2.C9H7BrN2O2.C6H7BrN2/c1-15-12-18(16(2)22-17-6-4-3-5-7-17)21-23-19(13-20(26)25(21)14-15)24-8-10-27-11-9-24;1-10-7-12(11(2)19)15-16-13(8-14(20)18(15)9-10)17-3-5-21-6-4-17;1-9-6-10(14)13-15-11(7-12(18)17(13)8-9)16-2-4-19-5-3-16;1-5-2-6(10)9-11-7(13)3-8(14)12(9)4-5;1-4-2-5(7)6(8)9-3-4/h3-7,12-14,16,22H,8-11H2,1-2H3;7-9H,3-6H2,1-2H3;6-8H,2-5H2,1H3;2-4,13H,1H3;2-3H,1H3,(H2,8,9). The molecule has 0 spiro atoms. The number of fused-ring (bicyclic) bond motifs is 4. The molecule has 3 aliphatic rings. The van der Waals surface area contributed by atoms with Crippen molar-refractivity contribution in [3.8, 4) is 5.88 Å². The van der Waals surface area contributed by atoms with E-state index in [2.05, 4.69) is 95.8 Å². The fourth-order valence-corrected chi connectivity index (χ4v) is 11.8. The third kappa shape index (κ3) is 16.5. The monoisotopic (exact) mass is 1410 g/mol. The Bertz CT molecular complexity index is 4490. The average Bonchev–Trinajstić information content (AvgIpc) is 0.881. The van der Waals surface area contributed by atoms with E-state index < -0.39 is 0 Å². The number of nitrogen functional groups attached to an aromatic ring is 1. The second-order valence-corrected chi connectivity index (χ2v) is 24.2. The number of pyridine rings is 5. The molecule has 0 aliphatic carbocycles. The molecule has 12 heterocycles. The Labute approximate surface area is 543 Å². The molecule has 4 N–H and O–H groups in total. The van der Waals surface area contributed by atoms with Crippen molar-refractivity contribution in [2.45, 2.75) is 54.5 Å². The Balaban J connectivity index is 0.000000139. The van der Waals surface area contributed by atoms with Crippen LogP contribution in [-0.4, -0.2) is 132 Å². The number of nitrogens with zero attached hydrogens (tertiary/aromatic N) is 12. The Morgan fingerprint density at radius 2 is 0.911 bits per heavy atom. The van der Waals surface area contributed by atoms with Gasteiger partial charge in [0.15, 0.2) is 22.7 Å². The summed E-state index contributed by atoms with van der Waals surface area (Å²) in [5.74, 6) is 2.23. The van der Waals surface area contributed by atoms with Crippen LogP contribution in [0.2, 0.25) is 0 Å². The number of aromatic nitrogens is 9. The van der Waals surface area contributed by atoms with Crippen molar-refractivity contribution < 1.29 is 24.1 Å². The number of carbonyl (C=O) groups is 1. The molecule has 1 atom stereocenters. The minimum atomic E-state index is -0.295. The fraction of sp³-hybridized carbons (Fsp3) is 0.312. The van der Waals surface area contributed by atoms with Crippen molar-refractivity contribution in [2.75, 3.05) is 105 Å². The molecule has 0 amide bonds. The number of para-hydroxylation sites is 1. The van der Waals surface area contributed by atoms with Crippen LogP contribution < -0.4 is 48.0 Å². The minimum Gasteiger partial charge on any atom is -0.493 e. The van der Waals surface area contributed by atoms with Crippen LogP contribution >= 0.6 is 47.8 Å². The van der Waals surface area contributed by atoms with Crippen molar-refractivity contribution in [1.82, 2.24) is 42.5 Å². The molecule has 0 saturated carbocycles. The topological polar surface area (TPSA) is 263 Å². The second kappa shape index (κ2) is 29.9. The van der Waals surface area contributed by atoms with Gasteiger partial charge in [-0.2, -0.15) is 4.98 Å². The number of aryl methyl sites for hydroxylation is 5. The number of hydrogen-bond acceptors (Lipinski definition) is 19. The van der Waals surface area contributed by atoms with Crippen LogP contribution in [0, 0.1) is 34.6 Å². The van der Waals surface area contributed by atoms with Crippen LogP contribution in [0.3, 0.4) is 0 Å². The highest BCUT2D eigenvalue weighted by Crippen LogP contribution is 2.26. The van der Waals surface area contributed by atoms with Crippen LogP contribution in [-0.2, 0) is 14.2 Å². The average molecular weight is 1420 g/mol. The van der Waals surface area contributed by atoms with E-state index in [-0.39, 0.29) is 39.9 Å². The predicted molar refractivity (Wildman–Crippen MR) is 361 cm³/mol. The summed E-state index contributed by atoms with van der Waals surface area (Å²) in [6, 6.07) is 25.5. The Kier molecular flexibility index (Phi) is 22.0. The second-order valence-electron chi connectivity index (χ2n) is 21.7. The van der Waals surface area contributed by atoms with Crippen LogP contribution in [0.15, 0.2) is 149 Å². The van der Waals surface area contributed by atoms with Gasteiger partial charge in [-0.25, -0.2) is 19.9 Å². The molecule has 3 fully saturated rings. The summed E-state index contributed by atoms with van der Waals surface area (Å²) in [6.07, 6.45) is 8.78. The fourth-order valence-electron chi connectivity index (χ4n) is 10.1. The Hall–Kier alpha value is -8.40. The minimum absolute atomic E-state index is 0.00846. The van der Waals surface area contributed by atoms with Gasteiger partial charge in [-0.15, -0.1) is 0 Å². The summed E-state index contributed by atoms with van der Waals surface area (Å²) in [4.78, 5) is 88.5. The summed E-state index contributed by atoms with van der Waals surface area (Å²) in [5.41, 5.74) is 14.5. The number of ketones is 1. The lowest BCUT2D eigenvalue weighted by Gasteiger charge is -2.28. The first-order valence-electron chi connectivity index (χ1n) is 28.9. The highest BCUT2D eigenvalue weighted by molar-refractivity contribution is 9.11. The Morgan fingerprint density at radius 1 is 0.522 bits per heavy atom. The maximum atomic E-state index is 12.8. The van der Waals surface area contributed by atoms with E-state index in [1.165, 1.54) is 21.8 Å². The number of Topliss-reactive ketones (excluding diaryl/α,β-unsaturated/α-hetero) is 1. The third-order valence-electron chi connectivity index (χ3n) is 14.5. The highest BCUT2D eigenvalue weighted by Gasteiger charge is 2.21. The molecular formula is C64H69Br3N14O9. The van der Waals surface area contributed by atoms with Gasteiger partial charge in [0.05, 0.1) is 70.7 Å². The summed E-state index contributed by atoms with van der Waals surface area (Å²) < 4.78 is 24.5. The summed E-state index contributed by atoms with van der Waals surface area (Å²) in [6.45, 7) is 21.6. The first-order valence-corrected chi connectivity index (χ1v) is 31.3. The van der Waals surface area contributed by atoms with E-state index in [1.54, 1.807) is 51.8 Å². The van der Waals surface area contributed by atoms with Crippen molar-refractivity contribution in [2.24, 2.45) is 0 Å². The zero-order valence-electron chi connectivity index (χ0n) is 50.8. The van der Waals surface area contributed by atoms with Gasteiger partial charge >= 0.3 is 0 Å². The summed E-state index contributed by atoms with van der Waals surface area (Å²) in [7, 11) is 0. The molecule has 3 aliphatic heterocycles. The number of anilines is 5. The molecule has 0 bridgehead atoms. The van der Waals surface area contributed by atoms with Gasteiger partial charge in [-0.1, -0.05) is 18.2 Å². The lowest BCUT2D eigenvalue weighted by atomic mass is 10.1. The number of ether oxygens (including phenoxy) is 3. The maximum absolute atomic E-state index is 12.8. The first kappa shape index (κ1) is 66.0. The summed E-state index contributed by atoms with van der Waals surface area (Å²) >= 11 is 10.0. The van der Waals surface area contributed by atoms with Gasteiger partial charge in [-0.3, -0.25) is 41.6 Å². The van der Waals surface area contributed by atoms with Crippen molar-refractivity contribution in [3.05, 3.63) is 210 Å². The van der Waals surface area contributed by atoms with Crippen LogP contribution in [0.4, 0.5) is 29.0 Å². The third-order valence-corrected chi connectivity index (χ3v) is 16.3. The van der Waals surface area contributed by atoms with Crippen LogP contribution in [0.5, 0.6) is 5.88 Å². The number of halogens is 3. The highest BCUT2D eigenvalue weighted by atomic mass is 79.9. The number of nitrogens with two attached hydrogens (primary N) is 1. The van der Waals surface area contributed by atoms with E-state index >= 15 is 0 Å². The molecule has 0 radical (unpaired) electrons. The van der Waals surface area contributed by atoms with Crippen molar-refractivity contribution >= 4 is 105 Å². The summed E-state index contributed by atoms with van der Waals surface area (Å²) in [5, 5.41) is 12.7. The quantitative estimate of drug-likeness (QED) is 0.126.